The topological polar surface area (TPSA) is 75.7 Å². The third-order valence-corrected chi connectivity index (χ3v) is 7.12. The number of amides is 1. The van der Waals surface area contributed by atoms with Crippen LogP contribution in [0.4, 0.5) is 5.69 Å². The molecule has 0 saturated carbocycles. The standard InChI is InChI=1S/C25H27ClN2O4S/c1-3-32-24-12-8-7-11-23(24)28(33(30,31)22-15-13-21(26)14-16-22)18-25(29)27-17-19(2)20-9-5-4-6-10-20/h4-16,19H,3,17-18H2,1-2H3,(H,27,29)/t19-/m0/s1. The number of nitrogens with one attached hydrogen (secondary N) is 1. The zero-order valence-corrected chi connectivity index (χ0v) is 20.1. The molecule has 1 N–H and O–H groups in total. The Morgan fingerprint density at radius 1 is 1.00 bits per heavy atom. The van der Waals surface area contributed by atoms with Gasteiger partial charge in [-0.15, -0.1) is 0 Å². The number of ether oxygens (including phenoxy) is 1. The lowest BCUT2D eigenvalue weighted by molar-refractivity contribution is -0.119. The van der Waals surface area contributed by atoms with E-state index in [0.717, 1.165) is 9.87 Å². The fourth-order valence-corrected chi connectivity index (χ4v) is 4.88. The number of sulfonamides is 1. The van der Waals surface area contributed by atoms with Gasteiger partial charge in [0.05, 0.1) is 17.2 Å². The highest BCUT2D eigenvalue weighted by Gasteiger charge is 2.29. The third-order valence-electron chi connectivity index (χ3n) is 5.10. The second-order valence-electron chi connectivity index (χ2n) is 7.48. The fourth-order valence-electron chi connectivity index (χ4n) is 3.33. The first-order chi connectivity index (χ1) is 15.8. The molecule has 0 aromatic heterocycles. The molecule has 3 aromatic carbocycles. The molecule has 33 heavy (non-hydrogen) atoms. The second-order valence-corrected chi connectivity index (χ2v) is 9.78. The summed E-state index contributed by atoms with van der Waals surface area (Å²) in [5, 5.41) is 3.28. The second kappa shape index (κ2) is 11.2. The zero-order valence-electron chi connectivity index (χ0n) is 18.6. The predicted octanol–water partition coefficient (Wildman–Crippen LogP) is 4.85. The van der Waals surface area contributed by atoms with Gasteiger partial charge < -0.3 is 10.1 Å². The molecule has 0 aliphatic carbocycles. The number of carbonyl (C=O) groups excluding carboxylic acids is 1. The normalized spacial score (nSPS) is 12.1. The molecule has 1 atom stereocenters. The van der Waals surface area contributed by atoms with E-state index >= 15 is 0 Å². The van der Waals surface area contributed by atoms with Crippen LogP contribution in [0, 0.1) is 0 Å². The predicted molar refractivity (Wildman–Crippen MR) is 131 cm³/mol. The lowest BCUT2D eigenvalue weighted by Crippen LogP contribution is -2.42. The minimum atomic E-state index is -4.06. The van der Waals surface area contributed by atoms with Crippen LogP contribution in [0.3, 0.4) is 0 Å². The van der Waals surface area contributed by atoms with Crippen molar-refractivity contribution in [1.82, 2.24) is 5.32 Å². The largest absolute Gasteiger partial charge is 0.492 e. The first-order valence-corrected chi connectivity index (χ1v) is 12.5. The smallest absolute Gasteiger partial charge is 0.264 e. The Hall–Kier alpha value is -3.03. The molecular weight excluding hydrogens is 460 g/mol. The molecule has 0 spiro atoms. The van der Waals surface area contributed by atoms with Crippen LogP contribution >= 0.6 is 11.6 Å². The van der Waals surface area contributed by atoms with Gasteiger partial charge in [0.2, 0.25) is 5.91 Å². The van der Waals surface area contributed by atoms with Crippen LogP contribution in [-0.4, -0.2) is 34.0 Å². The molecule has 0 saturated heterocycles. The lowest BCUT2D eigenvalue weighted by Gasteiger charge is -2.26. The van der Waals surface area contributed by atoms with Crippen molar-refractivity contribution in [3.05, 3.63) is 89.4 Å². The fraction of sp³-hybridized carbons (Fsp3) is 0.240. The van der Waals surface area contributed by atoms with E-state index in [1.165, 1.54) is 24.3 Å². The molecule has 0 fully saturated rings. The van der Waals surface area contributed by atoms with E-state index in [2.05, 4.69) is 5.32 Å². The molecule has 0 radical (unpaired) electrons. The summed E-state index contributed by atoms with van der Waals surface area (Å²) < 4.78 is 33.8. The van der Waals surface area contributed by atoms with Gasteiger partial charge in [0.25, 0.3) is 10.0 Å². The summed E-state index contributed by atoms with van der Waals surface area (Å²) in [7, 11) is -4.06. The van der Waals surface area contributed by atoms with Gasteiger partial charge in [-0.05, 0) is 54.8 Å². The summed E-state index contributed by atoms with van der Waals surface area (Å²) in [6.07, 6.45) is 0. The maximum atomic E-state index is 13.5. The summed E-state index contributed by atoms with van der Waals surface area (Å²) in [5.74, 6) is 0.0387. The average molecular weight is 487 g/mol. The molecular formula is C25H27ClN2O4S. The van der Waals surface area contributed by atoms with Crippen LogP contribution in [0.5, 0.6) is 5.75 Å². The molecule has 0 unspecified atom stereocenters. The van der Waals surface area contributed by atoms with Gasteiger partial charge in [0.15, 0.2) is 0 Å². The maximum absolute atomic E-state index is 13.5. The number of benzene rings is 3. The van der Waals surface area contributed by atoms with E-state index in [1.807, 2.05) is 44.2 Å². The van der Waals surface area contributed by atoms with Crippen LogP contribution in [0.1, 0.15) is 25.3 Å². The minimum absolute atomic E-state index is 0.0312. The number of hydrogen-bond acceptors (Lipinski definition) is 4. The van der Waals surface area contributed by atoms with Crippen LogP contribution in [0.15, 0.2) is 83.8 Å². The van der Waals surface area contributed by atoms with Crippen molar-refractivity contribution < 1.29 is 17.9 Å². The van der Waals surface area contributed by atoms with Crippen LogP contribution in [0.25, 0.3) is 0 Å². The lowest BCUT2D eigenvalue weighted by atomic mass is 10.0. The summed E-state index contributed by atoms with van der Waals surface area (Å²) in [5.41, 5.74) is 1.38. The first kappa shape index (κ1) is 24.6. The van der Waals surface area contributed by atoms with Gasteiger partial charge in [0.1, 0.15) is 12.3 Å². The van der Waals surface area contributed by atoms with Gasteiger partial charge >= 0.3 is 0 Å². The molecule has 8 heteroatoms. The SMILES string of the molecule is CCOc1ccccc1N(CC(=O)NC[C@H](C)c1ccccc1)S(=O)(=O)c1ccc(Cl)cc1. The highest BCUT2D eigenvalue weighted by molar-refractivity contribution is 7.92. The van der Waals surface area contributed by atoms with Crippen LogP contribution in [0.2, 0.25) is 5.02 Å². The molecule has 0 heterocycles. The van der Waals surface area contributed by atoms with Crippen molar-refractivity contribution in [2.75, 3.05) is 24.0 Å². The first-order valence-electron chi connectivity index (χ1n) is 10.6. The number of nitrogens with zero attached hydrogens (tertiary/aromatic N) is 1. The minimum Gasteiger partial charge on any atom is -0.492 e. The maximum Gasteiger partial charge on any atom is 0.264 e. The Morgan fingerprint density at radius 3 is 2.30 bits per heavy atom. The van der Waals surface area contributed by atoms with E-state index < -0.39 is 22.5 Å². The third kappa shape index (κ3) is 6.27. The monoisotopic (exact) mass is 486 g/mol. The Kier molecular flexibility index (Phi) is 8.36. The molecule has 1 amide bonds. The van der Waals surface area contributed by atoms with Gasteiger partial charge in [-0.25, -0.2) is 8.42 Å². The van der Waals surface area contributed by atoms with Gasteiger partial charge in [0, 0.05) is 11.6 Å². The Morgan fingerprint density at radius 2 is 1.64 bits per heavy atom. The number of rotatable bonds is 10. The highest BCUT2D eigenvalue weighted by atomic mass is 35.5. The molecule has 0 bridgehead atoms. The summed E-state index contributed by atoms with van der Waals surface area (Å²) in [6.45, 7) is 4.16. The highest BCUT2D eigenvalue weighted by Crippen LogP contribution is 2.32. The summed E-state index contributed by atoms with van der Waals surface area (Å²) in [4.78, 5) is 12.9. The molecule has 6 nitrogen and oxygen atoms in total. The molecule has 3 aromatic rings. The van der Waals surface area contributed by atoms with Gasteiger partial charge in [-0.3, -0.25) is 9.10 Å². The van der Waals surface area contributed by atoms with E-state index in [4.69, 9.17) is 16.3 Å². The number of para-hydroxylation sites is 2. The van der Waals surface area contributed by atoms with Crippen LogP contribution in [-0.2, 0) is 14.8 Å². The number of carbonyl (C=O) groups is 1. The van der Waals surface area contributed by atoms with Crippen LogP contribution < -0.4 is 14.4 Å². The van der Waals surface area contributed by atoms with Gasteiger partial charge in [-0.1, -0.05) is 61.0 Å². The summed E-state index contributed by atoms with van der Waals surface area (Å²) in [6, 6.07) is 22.4. The Labute approximate surface area is 200 Å². The molecule has 0 aliphatic rings. The Balaban J connectivity index is 1.87. The average Bonchev–Trinajstić information content (AvgIpc) is 2.82. The number of halogens is 1. The molecule has 3 rings (SSSR count). The van der Waals surface area contributed by atoms with Crippen molar-refractivity contribution in [3.8, 4) is 5.75 Å². The van der Waals surface area contributed by atoms with E-state index in [0.29, 0.717) is 29.6 Å². The van der Waals surface area contributed by atoms with Gasteiger partial charge in [-0.2, -0.15) is 0 Å². The summed E-state index contributed by atoms with van der Waals surface area (Å²) >= 11 is 5.94. The van der Waals surface area contributed by atoms with Crippen molar-refractivity contribution in [3.63, 3.8) is 0 Å². The Bertz CT molecular complexity index is 1170. The van der Waals surface area contributed by atoms with E-state index in [-0.39, 0.29) is 10.8 Å². The number of hydrogen-bond donors (Lipinski definition) is 1. The number of anilines is 1. The van der Waals surface area contributed by atoms with E-state index in [9.17, 15) is 13.2 Å². The zero-order chi connectivity index (χ0) is 23.8. The quantitative estimate of drug-likeness (QED) is 0.444. The van der Waals surface area contributed by atoms with Crippen molar-refractivity contribution in [2.45, 2.75) is 24.7 Å². The van der Waals surface area contributed by atoms with Crippen molar-refractivity contribution in [2.24, 2.45) is 0 Å². The van der Waals surface area contributed by atoms with Crippen molar-refractivity contribution >= 4 is 33.2 Å². The van der Waals surface area contributed by atoms with E-state index in [1.54, 1.807) is 24.3 Å². The van der Waals surface area contributed by atoms with Crippen molar-refractivity contribution in [1.29, 1.82) is 0 Å². The molecule has 0 aliphatic heterocycles. The molecule has 174 valence electrons.